The van der Waals surface area contributed by atoms with Crippen molar-refractivity contribution >= 4 is 19.8 Å². The number of hydrogen-bond donors (Lipinski definition) is 4. The Kier molecular flexibility index (Phi) is 32.6. The lowest BCUT2D eigenvalue weighted by atomic mass is 10.0. The molecule has 3 atom stereocenters. The second-order valence-electron chi connectivity index (χ2n) is 13.0. The van der Waals surface area contributed by atoms with Crippen LogP contribution in [0.1, 0.15) is 155 Å². The zero-order valence-electron chi connectivity index (χ0n) is 31.0. The lowest BCUT2D eigenvalue weighted by Crippen LogP contribution is -2.29. The second-order valence-corrected chi connectivity index (χ2v) is 14.2. The Morgan fingerprint density at radius 2 is 1.06 bits per heavy atom. The van der Waals surface area contributed by atoms with Gasteiger partial charge in [0.2, 0.25) is 0 Å². The number of ether oxygens (including phenoxy) is 2. The van der Waals surface area contributed by atoms with E-state index in [2.05, 4.69) is 18.4 Å². The first kappa shape index (κ1) is 47.9. The number of esters is 2. The monoisotopic (exact) mass is 728 g/mol. The number of hydrogen-bond acceptors (Lipinski definition) is 8. The van der Waals surface area contributed by atoms with Crippen molar-refractivity contribution in [2.24, 2.45) is 0 Å². The normalized spacial score (nSPS) is 14.3. The fraction of sp³-hybridized carbons (Fsp3) is 0.744. The highest BCUT2D eigenvalue weighted by atomic mass is 31.2. The molecule has 50 heavy (non-hydrogen) atoms. The van der Waals surface area contributed by atoms with E-state index < -0.39 is 44.7 Å². The summed E-state index contributed by atoms with van der Waals surface area (Å²) in [6.07, 6.45) is 33.3. The molecule has 0 aliphatic heterocycles. The van der Waals surface area contributed by atoms with Crippen LogP contribution in [0.2, 0.25) is 0 Å². The van der Waals surface area contributed by atoms with E-state index in [9.17, 15) is 24.4 Å². The highest BCUT2D eigenvalue weighted by Gasteiger charge is 2.23. The summed E-state index contributed by atoms with van der Waals surface area (Å²) >= 11 is 0. The minimum Gasteiger partial charge on any atom is -0.462 e. The van der Waals surface area contributed by atoms with Crippen molar-refractivity contribution in [2.45, 2.75) is 173 Å². The Bertz CT molecular complexity index is 987. The maximum absolute atomic E-state index is 12.4. The predicted molar refractivity (Wildman–Crippen MR) is 200 cm³/mol. The third kappa shape index (κ3) is 35.7. The number of phosphoric acid groups is 1. The third-order valence-electron chi connectivity index (χ3n) is 8.06. The molecule has 4 N–H and O–H groups in total. The smallest absolute Gasteiger partial charge is 0.462 e. The Hall–Kier alpha value is -2.07. The molecule has 0 aromatic carbocycles. The highest BCUT2D eigenvalue weighted by molar-refractivity contribution is 7.46. The molecule has 290 valence electrons. The summed E-state index contributed by atoms with van der Waals surface area (Å²) in [7, 11) is -4.81. The van der Waals surface area contributed by atoms with Gasteiger partial charge in [0.05, 0.1) is 18.8 Å². The van der Waals surface area contributed by atoms with E-state index in [1.807, 2.05) is 30.4 Å². The average molecular weight is 729 g/mol. The molecule has 0 saturated heterocycles. The van der Waals surface area contributed by atoms with E-state index in [1.165, 1.54) is 57.8 Å². The van der Waals surface area contributed by atoms with Crippen LogP contribution >= 0.6 is 7.82 Å². The number of carbonyl (C=O) groups excluding carboxylic acids is 2. The molecular formula is C39H69O10P. The highest BCUT2D eigenvalue weighted by Crippen LogP contribution is 2.36. The van der Waals surface area contributed by atoms with Gasteiger partial charge in [0.1, 0.15) is 6.61 Å². The molecule has 0 saturated carbocycles. The number of aliphatic hydroxyl groups excluding tert-OH is 2. The number of rotatable bonds is 34. The van der Waals surface area contributed by atoms with Crippen LogP contribution in [-0.2, 0) is 28.2 Å². The van der Waals surface area contributed by atoms with E-state index in [-0.39, 0.29) is 19.4 Å². The minimum atomic E-state index is -4.81. The third-order valence-corrected chi connectivity index (χ3v) is 8.54. The van der Waals surface area contributed by atoms with Crippen LogP contribution in [0, 0.1) is 0 Å². The van der Waals surface area contributed by atoms with E-state index in [0.29, 0.717) is 25.7 Å². The summed E-state index contributed by atoms with van der Waals surface area (Å²) in [6.45, 7) is 3.38. The molecule has 0 aliphatic rings. The van der Waals surface area contributed by atoms with Crippen LogP contribution in [-0.4, -0.2) is 63.5 Å². The topological polar surface area (TPSA) is 160 Å². The number of allylic oxidation sites excluding steroid dienone is 6. The van der Waals surface area contributed by atoms with Gasteiger partial charge >= 0.3 is 19.8 Å². The SMILES string of the molecule is CCCCCCCCCCCCCCCC(=O)OC[C@H](COP(=O)(O)O)OC(=O)CCC[C@H](O)/C=C/C=C\C/C=C\C=C\[C@H](O)CCCCC. The second kappa shape index (κ2) is 34.0. The Labute approximate surface area is 302 Å². The summed E-state index contributed by atoms with van der Waals surface area (Å²) in [5.41, 5.74) is 0. The van der Waals surface area contributed by atoms with Gasteiger partial charge in [-0.05, 0) is 32.1 Å². The molecule has 0 heterocycles. The Balaban J connectivity index is 4.23. The Morgan fingerprint density at radius 1 is 0.600 bits per heavy atom. The summed E-state index contributed by atoms with van der Waals surface area (Å²) in [6, 6.07) is 0. The number of phosphoric ester groups is 1. The Morgan fingerprint density at radius 3 is 1.58 bits per heavy atom. The van der Waals surface area contributed by atoms with Crippen LogP contribution in [0.15, 0.2) is 48.6 Å². The zero-order chi connectivity index (χ0) is 37.1. The van der Waals surface area contributed by atoms with Crippen LogP contribution in [0.3, 0.4) is 0 Å². The average Bonchev–Trinajstić information content (AvgIpc) is 3.07. The van der Waals surface area contributed by atoms with Crippen LogP contribution < -0.4 is 0 Å². The van der Waals surface area contributed by atoms with Crippen molar-refractivity contribution in [3.63, 3.8) is 0 Å². The van der Waals surface area contributed by atoms with Gasteiger partial charge in [0.25, 0.3) is 0 Å². The maximum Gasteiger partial charge on any atom is 0.469 e. The molecule has 0 bridgehead atoms. The van der Waals surface area contributed by atoms with Gasteiger partial charge in [-0.1, -0.05) is 159 Å². The van der Waals surface area contributed by atoms with Gasteiger partial charge in [-0.2, -0.15) is 0 Å². The van der Waals surface area contributed by atoms with Crippen molar-refractivity contribution in [2.75, 3.05) is 13.2 Å². The van der Waals surface area contributed by atoms with E-state index >= 15 is 0 Å². The van der Waals surface area contributed by atoms with E-state index in [1.54, 1.807) is 18.2 Å². The van der Waals surface area contributed by atoms with Crippen molar-refractivity contribution < 1.29 is 48.2 Å². The zero-order valence-corrected chi connectivity index (χ0v) is 31.9. The first-order valence-electron chi connectivity index (χ1n) is 19.1. The van der Waals surface area contributed by atoms with E-state index in [0.717, 1.165) is 44.9 Å². The summed E-state index contributed by atoms with van der Waals surface area (Å²) < 4.78 is 26.1. The minimum absolute atomic E-state index is 0.0360. The van der Waals surface area contributed by atoms with Crippen molar-refractivity contribution in [3.05, 3.63) is 48.6 Å². The van der Waals surface area contributed by atoms with E-state index in [4.69, 9.17) is 19.3 Å². The standard InChI is InChI=1S/C39H69O10P/c1-3-5-7-8-9-10-11-12-13-14-18-21-25-31-38(42)47-33-37(34-48-50(44,45)46)49-39(43)32-26-30-36(41)29-24-20-17-15-16-19-23-28-35(40)27-22-6-4-2/h16-17,19-20,23-24,28-29,35-37,40-41H,3-15,18,21-22,25-27,30-34H2,1-2H3,(H2,44,45,46)/b19-16-,20-17-,28-23+,29-24+/t35-,36-,37-/m1/s1. The number of unbranched alkanes of at least 4 members (excludes halogenated alkanes) is 14. The molecule has 0 aromatic heterocycles. The molecule has 0 aliphatic carbocycles. The molecular weight excluding hydrogens is 659 g/mol. The molecule has 0 spiro atoms. The van der Waals surface area contributed by atoms with Gasteiger partial charge < -0.3 is 29.5 Å². The predicted octanol–water partition coefficient (Wildman–Crippen LogP) is 9.12. The lowest BCUT2D eigenvalue weighted by molar-refractivity contribution is -0.161. The van der Waals surface area contributed by atoms with Crippen LogP contribution in [0.25, 0.3) is 0 Å². The molecule has 0 rings (SSSR count). The van der Waals surface area contributed by atoms with Crippen molar-refractivity contribution in [1.82, 2.24) is 0 Å². The lowest BCUT2D eigenvalue weighted by Gasteiger charge is -2.18. The fourth-order valence-electron chi connectivity index (χ4n) is 5.12. The molecule has 0 amide bonds. The maximum atomic E-state index is 12.4. The van der Waals surface area contributed by atoms with Crippen molar-refractivity contribution in [3.8, 4) is 0 Å². The van der Waals surface area contributed by atoms with Gasteiger partial charge in [-0.3, -0.25) is 14.1 Å². The quantitative estimate of drug-likeness (QED) is 0.0218. The first-order valence-corrected chi connectivity index (χ1v) is 20.7. The fourth-order valence-corrected chi connectivity index (χ4v) is 5.48. The van der Waals surface area contributed by atoms with Crippen LogP contribution in [0.5, 0.6) is 0 Å². The number of aliphatic hydroxyl groups is 2. The molecule has 0 aromatic rings. The molecule has 10 nitrogen and oxygen atoms in total. The van der Waals surface area contributed by atoms with Crippen LogP contribution in [0.4, 0.5) is 0 Å². The van der Waals surface area contributed by atoms with Gasteiger partial charge in [-0.25, -0.2) is 4.57 Å². The molecule has 0 radical (unpaired) electrons. The number of carbonyl (C=O) groups is 2. The van der Waals surface area contributed by atoms with Crippen molar-refractivity contribution in [1.29, 1.82) is 0 Å². The van der Waals surface area contributed by atoms with Gasteiger partial charge in [0.15, 0.2) is 6.10 Å². The molecule has 0 fully saturated rings. The van der Waals surface area contributed by atoms with Gasteiger partial charge in [0, 0.05) is 12.8 Å². The molecule has 11 heteroatoms. The summed E-state index contributed by atoms with van der Waals surface area (Å²) in [4.78, 5) is 42.7. The first-order chi connectivity index (χ1) is 24.1. The van der Waals surface area contributed by atoms with Gasteiger partial charge in [-0.15, -0.1) is 0 Å². The summed E-state index contributed by atoms with van der Waals surface area (Å²) in [5, 5.41) is 20.0. The molecule has 0 unspecified atom stereocenters. The summed E-state index contributed by atoms with van der Waals surface area (Å²) in [5.74, 6) is -1.11. The largest absolute Gasteiger partial charge is 0.469 e.